The van der Waals surface area contributed by atoms with Gasteiger partial charge in [0.05, 0.1) is 10.7 Å². The molecule has 15 heavy (non-hydrogen) atoms. The normalized spacial score (nSPS) is 10.5. The van der Waals surface area contributed by atoms with Crippen molar-refractivity contribution in [2.75, 3.05) is 13.8 Å². The maximum atomic E-state index is 5.40. The van der Waals surface area contributed by atoms with Gasteiger partial charge in [-0.25, -0.2) is 0 Å². The number of hydrogen-bond donors (Lipinski definition) is 1. The van der Waals surface area contributed by atoms with Gasteiger partial charge in [-0.05, 0) is 40.6 Å². The summed E-state index contributed by atoms with van der Waals surface area (Å²) in [6.45, 7) is 4.43. The Hall–Kier alpha value is -0.490. The summed E-state index contributed by atoms with van der Waals surface area (Å²) in [5.41, 5.74) is 6.52. The molecule has 0 aliphatic rings. The third-order valence-corrected chi connectivity index (χ3v) is 2.99. The van der Waals surface area contributed by atoms with Gasteiger partial charge in [0.25, 0.3) is 0 Å². The molecule has 0 saturated carbocycles. The van der Waals surface area contributed by atoms with Crippen LogP contribution in [-0.4, -0.2) is 13.8 Å². The summed E-state index contributed by atoms with van der Waals surface area (Å²) in [6.07, 6.45) is 0. The van der Waals surface area contributed by atoms with Crippen LogP contribution in [0.4, 0.5) is 0 Å². The number of benzene rings is 1. The monoisotopic (exact) mass is 321 g/mol. The van der Waals surface area contributed by atoms with Crippen LogP contribution in [0.1, 0.15) is 25.3 Å². The molecule has 0 fully saturated rings. The Morgan fingerprint density at radius 2 is 2.00 bits per heavy atom. The summed E-state index contributed by atoms with van der Waals surface area (Å²) in [6, 6.07) is 3.97. The zero-order valence-electron chi connectivity index (χ0n) is 9.21. The minimum Gasteiger partial charge on any atom is -0.496 e. The molecule has 0 amide bonds. The molecule has 0 aliphatic carbocycles. The highest BCUT2D eigenvalue weighted by molar-refractivity contribution is 14.1. The second-order valence-electron chi connectivity index (χ2n) is 3.49. The van der Waals surface area contributed by atoms with Gasteiger partial charge in [-0.3, -0.25) is 5.73 Å². The highest BCUT2D eigenvalue weighted by Crippen LogP contribution is 2.34. The van der Waals surface area contributed by atoms with E-state index in [4.69, 9.17) is 15.2 Å². The quantitative estimate of drug-likeness (QED) is 0.685. The summed E-state index contributed by atoms with van der Waals surface area (Å²) in [4.78, 5) is 0. The third-order valence-electron chi connectivity index (χ3n) is 2.15. The SMILES string of the molecule is COc1cc(C(C)C)c(OCN)cc1I. The lowest BCUT2D eigenvalue weighted by Crippen LogP contribution is -2.09. The average molecular weight is 321 g/mol. The van der Waals surface area contributed by atoms with Crippen molar-refractivity contribution < 1.29 is 9.47 Å². The maximum Gasteiger partial charge on any atom is 0.137 e. The van der Waals surface area contributed by atoms with Gasteiger partial charge in [0.1, 0.15) is 18.2 Å². The second kappa shape index (κ2) is 5.55. The highest BCUT2D eigenvalue weighted by atomic mass is 127. The molecule has 0 unspecified atom stereocenters. The maximum absolute atomic E-state index is 5.40. The number of rotatable bonds is 4. The number of halogens is 1. The first-order valence-electron chi connectivity index (χ1n) is 4.80. The Labute approximate surface area is 104 Å². The standard InChI is InChI=1S/C11H16INO2/c1-7(2)8-4-11(14-3)9(12)5-10(8)15-6-13/h4-5,7H,6,13H2,1-3H3. The van der Waals surface area contributed by atoms with Crippen LogP contribution < -0.4 is 15.2 Å². The van der Waals surface area contributed by atoms with Gasteiger partial charge in [-0.1, -0.05) is 13.8 Å². The predicted molar refractivity (Wildman–Crippen MR) is 69.5 cm³/mol. The summed E-state index contributed by atoms with van der Waals surface area (Å²) >= 11 is 2.22. The molecular weight excluding hydrogens is 305 g/mol. The van der Waals surface area contributed by atoms with E-state index in [1.807, 2.05) is 12.1 Å². The molecule has 0 radical (unpaired) electrons. The highest BCUT2D eigenvalue weighted by Gasteiger charge is 2.12. The fourth-order valence-corrected chi connectivity index (χ4v) is 2.03. The van der Waals surface area contributed by atoms with Gasteiger partial charge >= 0.3 is 0 Å². The molecule has 0 saturated heterocycles. The topological polar surface area (TPSA) is 44.5 Å². The van der Waals surface area contributed by atoms with Crippen LogP contribution in [0.25, 0.3) is 0 Å². The molecule has 0 aliphatic heterocycles. The van der Waals surface area contributed by atoms with Crippen LogP contribution in [0.2, 0.25) is 0 Å². The molecule has 0 spiro atoms. The van der Waals surface area contributed by atoms with Crippen LogP contribution in [0, 0.1) is 3.57 Å². The van der Waals surface area contributed by atoms with E-state index >= 15 is 0 Å². The number of ether oxygens (including phenoxy) is 2. The van der Waals surface area contributed by atoms with Crippen molar-refractivity contribution in [2.24, 2.45) is 5.73 Å². The molecule has 0 aromatic heterocycles. The number of hydrogen-bond acceptors (Lipinski definition) is 3. The number of methoxy groups -OCH3 is 1. The molecule has 1 aromatic carbocycles. The second-order valence-corrected chi connectivity index (χ2v) is 4.65. The van der Waals surface area contributed by atoms with E-state index in [1.54, 1.807) is 7.11 Å². The van der Waals surface area contributed by atoms with Crippen LogP contribution in [0.15, 0.2) is 12.1 Å². The van der Waals surface area contributed by atoms with Gasteiger partial charge in [-0.15, -0.1) is 0 Å². The van der Waals surface area contributed by atoms with Crippen LogP contribution in [-0.2, 0) is 0 Å². The lowest BCUT2D eigenvalue weighted by Gasteiger charge is -2.15. The van der Waals surface area contributed by atoms with Crippen molar-refractivity contribution >= 4 is 22.6 Å². The van der Waals surface area contributed by atoms with E-state index < -0.39 is 0 Å². The number of nitrogens with two attached hydrogens (primary N) is 1. The minimum atomic E-state index is 0.197. The van der Waals surface area contributed by atoms with Crippen molar-refractivity contribution in [3.63, 3.8) is 0 Å². The fraction of sp³-hybridized carbons (Fsp3) is 0.455. The molecule has 0 atom stereocenters. The van der Waals surface area contributed by atoms with E-state index in [0.717, 1.165) is 20.6 Å². The van der Waals surface area contributed by atoms with Gasteiger partial charge in [0.15, 0.2) is 0 Å². The molecule has 2 N–H and O–H groups in total. The van der Waals surface area contributed by atoms with E-state index in [9.17, 15) is 0 Å². The average Bonchev–Trinajstić information content (AvgIpc) is 2.18. The Morgan fingerprint density at radius 1 is 1.33 bits per heavy atom. The lowest BCUT2D eigenvalue weighted by molar-refractivity contribution is 0.323. The van der Waals surface area contributed by atoms with E-state index in [-0.39, 0.29) is 6.73 Å². The fourth-order valence-electron chi connectivity index (χ4n) is 1.37. The molecular formula is C11H16INO2. The summed E-state index contributed by atoms with van der Waals surface area (Å²) in [5, 5.41) is 0. The van der Waals surface area contributed by atoms with E-state index in [0.29, 0.717) is 5.92 Å². The van der Waals surface area contributed by atoms with E-state index in [1.165, 1.54) is 0 Å². The molecule has 0 bridgehead atoms. The zero-order chi connectivity index (χ0) is 11.4. The summed E-state index contributed by atoms with van der Waals surface area (Å²) in [5.74, 6) is 2.11. The molecule has 0 heterocycles. The largest absolute Gasteiger partial charge is 0.496 e. The van der Waals surface area contributed by atoms with Gasteiger partial charge in [0.2, 0.25) is 0 Å². The molecule has 1 aromatic rings. The van der Waals surface area contributed by atoms with E-state index in [2.05, 4.69) is 36.4 Å². The zero-order valence-corrected chi connectivity index (χ0v) is 11.4. The van der Waals surface area contributed by atoms with Crippen molar-refractivity contribution in [3.8, 4) is 11.5 Å². The third kappa shape index (κ3) is 2.98. The first-order valence-corrected chi connectivity index (χ1v) is 5.88. The predicted octanol–water partition coefficient (Wildman–Crippen LogP) is 2.72. The van der Waals surface area contributed by atoms with Crippen molar-refractivity contribution in [1.29, 1.82) is 0 Å². The molecule has 1 rings (SSSR count). The first kappa shape index (κ1) is 12.6. The summed E-state index contributed by atoms with van der Waals surface area (Å²) in [7, 11) is 1.67. The Balaban J connectivity index is 3.19. The Morgan fingerprint density at radius 3 is 2.47 bits per heavy atom. The minimum absolute atomic E-state index is 0.197. The van der Waals surface area contributed by atoms with Crippen molar-refractivity contribution in [1.82, 2.24) is 0 Å². The van der Waals surface area contributed by atoms with Crippen molar-refractivity contribution in [2.45, 2.75) is 19.8 Å². The van der Waals surface area contributed by atoms with Crippen LogP contribution in [0.3, 0.4) is 0 Å². The smallest absolute Gasteiger partial charge is 0.137 e. The molecule has 3 nitrogen and oxygen atoms in total. The Kier molecular flexibility index (Phi) is 4.66. The molecule has 4 heteroatoms. The van der Waals surface area contributed by atoms with Gasteiger partial charge in [0, 0.05) is 5.56 Å². The van der Waals surface area contributed by atoms with Gasteiger partial charge in [-0.2, -0.15) is 0 Å². The first-order chi connectivity index (χ1) is 7.10. The Bertz CT molecular complexity index is 340. The van der Waals surface area contributed by atoms with Crippen molar-refractivity contribution in [3.05, 3.63) is 21.3 Å². The molecule has 84 valence electrons. The van der Waals surface area contributed by atoms with Crippen LogP contribution >= 0.6 is 22.6 Å². The van der Waals surface area contributed by atoms with Crippen LogP contribution in [0.5, 0.6) is 11.5 Å². The van der Waals surface area contributed by atoms with Gasteiger partial charge < -0.3 is 9.47 Å². The summed E-state index contributed by atoms with van der Waals surface area (Å²) < 4.78 is 11.7. The lowest BCUT2D eigenvalue weighted by atomic mass is 10.0.